The van der Waals surface area contributed by atoms with E-state index in [1.807, 2.05) is 0 Å². The molecule has 0 saturated carbocycles. The minimum atomic E-state index is -4.50. The van der Waals surface area contributed by atoms with Crippen LogP contribution in [0, 0.1) is 0 Å². The summed E-state index contributed by atoms with van der Waals surface area (Å²) in [6, 6.07) is 0. The van der Waals surface area contributed by atoms with Crippen LogP contribution in [0.15, 0.2) is 0 Å². The summed E-state index contributed by atoms with van der Waals surface area (Å²) in [5.41, 5.74) is 5.22. The fraction of sp³-hybridized carbons (Fsp3) is 1.00. The summed E-state index contributed by atoms with van der Waals surface area (Å²) in [6.45, 7) is -0.961. The molecule has 0 unspecified atom stereocenters. The lowest BCUT2D eigenvalue weighted by atomic mass is 10.4. The van der Waals surface area contributed by atoms with E-state index in [0.717, 1.165) is 4.31 Å². The van der Waals surface area contributed by atoms with Crippen LogP contribution in [-0.4, -0.2) is 55.9 Å². The highest BCUT2D eigenvalue weighted by Gasteiger charge is 2.42. The number of halogens is 3. The molecule has 16 heavy (non-hydrogen) atoms. The second-order valence-electron chi connectivity index (χ2n) is 3.50. The van der Waals surface area contributed by atoms with Gasteiger partial charge in [-0.1, -0.05) is 0 Å². The summed E-state index contributed by atoms with van der Waals surface area (Å²) in [5.74, 6) is 0. The Labute approximate surface area is 92.2 Å². The molecule has 0 aromatic rings. The van der Waals surface area contributed by atoms with E-state index in [4.69, 9.17) is 5.73 Å². The van der Waals surface area contributed by atoms with Crippen molar-refractivity contribution in [1.29, 1.82) is 0 Å². The van der Waals surface area contributed by atoms with Gasteiger partial charge < -0.3 is 5.73 Å². The second-order valence-corrected chi connectivity index (χ2v) is 5.43. The van der Waals surface area contributed by atoms with Crippen LogP contribution in [0.1, 0.15) is 6.42 Å². The predicted octanol–water partition coefficient (Wildman–Crippen LogP) is -0.240. The lowest BCUT2D eigenvalue weighted by Gasteiger charge is -2.19. The molecule has 0 bridgehead atoms. The van der Waals surface area contributed by atoms with Gasteiger partial charge in [-0.15, -0.1) is 0 Å². The van der Waals surface area contributed by atoms with Gasteiger partial charge in [-0.05, 0) is 13.0 Å². The zero-order chi connectivity index (χ0) is 12.4. The van der Waals surface area contributed by atoms with Gasteiger partial charge in [0.2, 0.25) is 0 Å². The molecule has 1 heterocycles. The lowest BCUT2D eigenvalue weighted by Crippen LogP contribution is -2.39. The van der Waals surface area contributed by atoms with E-state index in [9.17, 15) is 21.6 Å². The third-order valence-corrected chi connectivity index (χ3v) is 4.20. The quantitative estimate of drug-likeness (QED) is 0.759. The van der Waals surface area contributed by atoms with Crippen molar-refractivity contribution >= 4 is 10.2 Å². The monoisotopic (exact) mass is 261 g/mol. The van der Waals surface area contributed by atoms with Gasteiger partial charge in [0, 0.05) is 19.6 Å². The molecular weight excluding hydrogens is 247 g/mol. The van der Waals surface area contributed by atoms with Crippen molar-refractivity contribution in [2.45, 2.75) is 12.6 Å². The molecule has 0 amide bonds. The molecule has 1 saturated heterocycles. The molecule has 0 aromatic carbocycles. The number of hydrogen-bond donors (Lipinski definition) is 1. The number of alkyl halides is 3. The molecule has 0 spiro atoms. The summed E-state index contributed by atoms with van der Waals surface area (Å²) >= 11 is 0. The fourth-order valence-corrected chi connectivity index (χ4v) is 3.09. The number of hydrogen-bond acceptors (Lipinski definition) is 3. The van der Waals surface area contributed by atoms with E-state index in [-0.39, 0.29) is 19.6 Å². The molecule has 0 radical (unpaired) electrons. The minimum absolute atomic E-state index is 0.0956. The third kappa shape index (κ3) is 3.30. The molecule has 2 N–H and O–H groups in total. The molecule has 9 heteroatoms. The van der Waals surface area contributed by atoms with Crippen molar-refractivity contribution in [3.05, 3.63) is 0 Å². The van der Waals surface area contributed by atoms with Crippen LogP contribution in [0.3, 0.4) is 0 Å². The van der Waals surface area contributed by atoms with Gasteiger partial charge in [0.1, 0.15) is 6.54 Å². The summed E-state index contributed by atoms with van der Waals surface area (Å²) < 4.78 is 60.9. The molecule has 5 nitrogen and oxygen atoms in total. The Morgan fingerprint density at radius 1 is 1.19 bits per heavy atom. The third-order valence-electron chi connectivity index (χ3n) is 2.22. The van der Waals surface area contributed by atoms with Crippen molar-refractivity contribution in [1.82, 2.24) is 8.61 Å². The smallest absolute Gasteiger partial charge is 0.330 e. The Bertz CT molecular complexity index is 330. The first kappa shape index (κ1) is 13.7. The number of nitrogens with two attached hydrogens (primary N) is 1. The maximum Gasteiger partial charge on any atom is 0.402 e. The van der Waals surface area contributed by atoms with Gasteiger partial charge in [0.25, 0.3) is 10.2 Å². The average Bonchev–Trinajstić information content (AvgIpc) is 2.37. The van der Waals surface area contributed by atoms with Crippen molar-refractivity contribution in [2.75, 3.05) is 32.7 Å². The average molecular weight is 261 g/mol. The van der Waals surface area contributed by atoms with Crippen molar-refractivity contribution in [3.63, 3.8) is 0 Å². The SMILES string of the molecule is NCCCN1CCN(CC(F)(F)F)S1(=O)=O. The second kappa shape index (κ2) is 4.86. The Kier molecular flexibility index (Phi) is 4.16. The number of nitrogens with zero attached hydrogens (tertiary/aromatic N) is 2. The Morgan fingerprint density at radius 3 is 2.25 bits per heavy atom. The predicted molar refractivity (Wildman–Crippen MR) is 51.8 cm³/mol. The Hall–Kier alpha value is -0.380. The summed E-state index contributed by atoms with van der Waals surface area (Å²) in [7, 11) is -3.94. The van der Waals surface area contributed by atoms with E-state index in [2.05, 4.69) is 0 Å². The summed E-state index contributed by atoms with van der Waals surface area (Å²) in [5, 5.41) is 0. The van der Waals surface area contributed by atoms with Crippen LogP contribution in [0.5, 0.6) is 0 Å². The molecule has 1 fully saturated rings. The first-order valence-corrected chi connectivity index (χ1v) is 6.19. The van der Waals surface area contributed by atoms with E-state index in [1.165, 1.54) is 0 Å². The molecule has 0 aliphatic carbocycles. The van der Waals surface area contributed by atoms with Crippen LogP contribution in [0.25, 0.3) is 0 Å². The van der Waals surface area contributed by atoms with E-state index >= 15 is 0 Å². The minimum Gasteiger partial charge on any atom is -0.330 e. The molecule has 96 valence electrons. The molecular formula is C7H14F3N3O2S. The summed E-state index contributed by atoms with van der Waals surface area (Å²) in [6.07, 6.45) is -4.06. The molecule has 1 rings (SSSR count). The van der Waals surface area contributed by atoms with Crippen molar-refractivity contribution < 1.29 is 21.6 Å². The normalized spacial score (nSPS) is 22.8. The maximum absolute atomic E-state index is 12.1. The Morgan fingerprint density at radius 2 is 1.75 bits per heavy atom. The van der Waals surface area contributed by atoms with Gasteiger partial charge in [-0.2, -0.15) is 30.2 Å². The maximum atomic E-state index is 12.1. The van der Waals surface area contributed by atoms with E-state index < -0.39 is 22.9 Å². The summed E-state index contributed by atoms with van der Waals surface area (Å²) in [4.78, 5) is 0. The van der Waals surface area contributed by atoms with Gasteiger partial charge >= 0.3 is 6.18 Å². The molecule has 0 atom stereocenters. The number of rotatable bonds is 4. The molecule has 1 aliphatic rings. The van der Waals surface area contributed by atoms with Gasteiger partial charge in [-0.25, -0.2) is 0 Å². The largest absolute Gasteiger partial charge is 0.402 e. The highest BCUT2D eigenvalue weighted by molar-refractivity contribution is 7.87. The van der Waals surface area contributed by atoms with Gasteiger partial charge in [-0.3, -0.25) is 0 Å². The van der Waals surface area contributed by atoms with E-state index in [1.54, 1.807) is 0 Å². The molecule has 1 aliphatic heterocycles. The zero-order valence-corrected chi connectivity index (χ0v) is 9.39. The fourth-order valence-electron chi connectivity index (χ4n) is 1.47. The van der Waals surface area contributed by atoms with Crippen LogP contribution in [0.4, 0.5) is 13.2 Å². The van der Waals surface area contributed by atoms with Crippen LogP contribution >= 0.6 is 0 Å². The topological polar surface area (TPSA) is 66.6 Å². The zero-order valence-electron chi connectivity index (χ0n) is 8.57. The van der Waals surface area contributed by atoms with Crippen LogP contribution < -0.4 is 5.73 Å². The highest BCUT2D eigenvalue weighted by atomic mass is 32.2. The lowest BCUT2D eigenvalue weighted by molar-refractivity contribution is -0.135. The van der Waals surface area contributed by atoms with Crippen molar-refractivity contribution in [2.24, 2.45) is 5.73 Å². The van der Waals surface area contributed by atoms with Gasteiger partial charge in [0.05, 0.1) is 0 Å². The molecule has 0 aromatic heterocycles. The first-order valence-electron chi connectivity index (χ1n) is 4.79. The van der Waals surface area contributed by atoms with Crippen molar-refractivity contribution in [3.8, 4) is 0 Å². The Balaban J connectivity index is 2.65. The van der Waals surface area contributed by atoms with Crippen LogP contribution in [-0.2, 0) is 10.2 Å². The van der Waals surface area contributed by atoms with E-state index in [0.29, 0.717) is 17.3 Å². The standard InChI is InChI=1S/C7H14F3N3O2S/c8-7(9,10)6-13-5-4-12(3-1-2-11)16(13,14)15/h1-6,11H2. The highest BCUT2D eigenvalue weighted by Crippen LogP contribution is 2.23. The first-order chi connectivity index (χ1) is 7.27. The van der Waals surface area contributed by atoms with Crippen LogP contribution in [0.2, 0.25) is 0 Å². The van der Waals surface area contributed by atoms with Gasteiger partial charge in [0.15, 0.2) is 0 Å².